The molecule has 1 N–H and O–H groups in total. The molecule has 19 heavy (non-hydrogen) atoms. The van der Waals surface area contributed by atoms with Crippen molar-refractivity contribution >= 4 is 17.1 Å². The number of benzene rings is 2. The Hall–Kier alpha value is -2.35. The van der Waals surface area contributed by atoms with E-state index in [2.05, 4.69) is 60.2 Å². The van der Waals surface area contributed by atoms with Crippen LogP contribution in [0.15, 0.2) is 54.7 Å². The zero-order chi connectivity index (χ0) is 13.2. The molecule has 2 aromatic carbocycles. The molecule has 0 aliphatic rings. The largest absolute Gasteiger partial charge is 0.342 e. The van der Waals surface area contributed by atoms with Crippen molar-refractivity contribution in [2.45, 2.75) is 13.5 Å². The lowest BCUT2D eigenvalue weighted by atomic mass is 10.1. The van der Waals surface area contributed by atoms with Crippen molar-refractivity contribution in [1.82, 2.24) is 4.57 Å². The normalized spacial score (nSPS) is 10.8. The third-order valence-electron chi connectivity index (χ3n) is 3.48. The van der Waals surface area contributed by atoms with Gasteiger partial charge in [-0.05, 0) is 18.1 Å². The first-order valence-corrected chi connectivity index (χ1v) is 6.42. The lowest BCUT2D eigenvalue weighted by Gasteiger charge is -2.07. The third-order valence-corrected chi connectivity index (χ3v) is 3.48. The molecule has 0 atom stereocenters. The van der Waals surface area contributed by atoms with Gasteiger partial charge in [0.1, 0.15) is 0 Å². The van der Waals surface area contributed by atoms with Crippen LogP contribution in [0.2, 0.25) is 0 Å². The van der Waals surface area contributed by atoms with Gasteiger partial charge in [0, 0.05) is 29.9 Å². The van der Waals surface area contributed by atoms with Crippen LogP contribution >= 0.6 is 0 Å². The molecule has 0 aliphatic carbocycles. The summed E-state index contributed by atoms with van der Waals surface area (Å²) in [7, 11) is 0. The molecular formula is C17H16N2. The summed E-state index contributed by atoms with van der Waals surface area (Å²) < 4.78 is 2.24. The zero-order valence-electron chi connectivity index (χ0n) is 10.9. The smallest absolute Gasteiger partial charge is 0.0519 e. The molecule has 0 bridgehead atoms. The minimum Gasteiger partial charge on any atom is -0.342 e. The summed E-state index contributed by atoms with van der Waals surface area (Å²) in [6.07, 6.45) is 3.50. The minimum absolute atomic E-state index is 0.843. The fraction of sp³-hybridized carbons (Fsp3) is 0.118. The van der Waals surface area contributed by atoms with Crippen molar-refractivity contribution < 1.29 is 0 Å². The van der Waals surface area contributed by atoms with Gasteiger partial charge in [0.15, 0.2) is 0 Å². The average molecular weight is 248 g/mol. The molecule has 0 saturated heterocycles. The monoisotopic (exact) mass is 248 g/mol. The van der Waals surface area contributed by atoms with E-state index < -0.39 is 0 Å². The molecule has 2 nitrogen and oxygen atoms in total. The van der Waals surface area contributed by atoms with Crippen molar-refractivity contribution in [2.75, 3.05) is 0 Å². The van der Waals surface area contributed by atoms with Gasteiger partial charge in [0.05, 0.1) is 5.52 Å². The van der Waals surface area contributed by atoms with Gasteiger partial charge in [0.2, 0.25) is 0 Å². The lowest BCUT2D eigenvalue weighted by molar-refractivity contribution is 0.834. The highest BCUT2D eigenvalue weighted by Crippen LogP contribution is 2.24. The number of aryl methyl sites for hydroxylation is 1. The van der Waals surface area contributed by atoms with Crippen molar-refractivity contribution in [3.05, 3.63) is 71.4 Å². The van der Waals surface area contributed by atoms with E-state index in [0.717, 1.165) is 17.5 Å². The molecule has 3 aromatic rings. The van der Waals surface area contributed by atoms with Crippen molar-refractivity contribution in [3.8, 4) is 0 Å². The van der Waals surface area contributed by atoms with E-state index in [9.17, 15) is 0 Å². The number of para-hydroxylation sites is 1. The van der Waals surface area contributed by atoms with Gasteiger partial charge in [-0.2, -0.15) is 0 Å². The summed E-state index contributed by atoms with van der Waals surface area (Å²) in [5.74, 6) is 0. The fourth-order valence-electron chi connectivity index (χ4n) is 2.59. The van der Waals surface area contributed by atoms with Crippen molar-refractivity contribution in [1.29, 1.82) is 5.41 Å². The van der Waals surface area contributed by atoms with Gasteiger partial charge in [-0.15, -0.1) is 0 Å². The topological polar surface area (TPSA) is 28.8 Å². The molecular weight excluding hydrogens is 232 g/mol. The Morgan fingerprint density at radius 2 is 1.84 bits per heavy atom. The summed E-state index contributed by atoms with van der Waals surface area (Å²) in [6.45, 7) is 2.97. The van der Waals surface area contributed by atoms with E-state index in [1.807, 2.05) is 6.07 Å². The highest BCUT2D eigenvalue weighted by molar-refractivity contribution is 5.99. The predicted octanol–water partition coefficient (Wildman–Crippen LogP) is 4.00. The third kappa shape index (κ3) is 2.06. The Labute approximate surface area is 112 Å². The first-order valence-electron chi connectivity index (χ1n) is 6.42. The molecule has 0 aliphatic heterocycles. The average Bonchev–Trinajstić information content (AvgIpc) is 2.79. The summed E-state index contributed by atoms with van der Waals surface area (Å²) in [4.78, 5) is 0. The predicted molar refractivity (Wildman–Crippen MR) is 80.1 cm³/mol. The molecule has 1 heterocycles. The molecule has 0 unspecified atom stereocenters. The molecule has 0 amide bonds. The second kappa shape index (κ2) is 4.73. The number of nitrogens with one attached hydrogen (secondary N) is 1. The standard InChI is InChI=1S/C17H16N2/c1-13-6-5-9-16-15(10-18)12-19(17(13)16)11-14-7-3-2-4-8-14/h2-10,12,18H,11H2,1H3. The highest BCUT2D eigenvalue weighted by Gasteiger charge is 2.08. The summed E-state index contributed by atoms with van der Waals surface area (Å²) in [5.41, 5.74) is 4.74. The van der Waals surface area contributed by atoms with Crippen LogP contribution in [0.1, 0.15) is 16.7 Å². The molecule has 0 spiro atoms. The second-order valence-corrected chi connectivity index (χ2v) is 4.81. The van der Waals surface area contributed by atoms with Crippen LogP contribution in [0, 0.1) is 12.3 Å². The van der Waals surface area contributed by atoms with Crippen LogP contribution in [-0.2, 0) is 6.54 Å². The van der Waals surface area contributed by atoms with E-state index in [0.29, 0.717) is 0 Å². The summed E-state index contributed by atoms with van der Waals surface area (Å²) in [6, 6.07) is 16.7. The zero-order valence-corrected chi connectivity index (χ0v) is 10.9. The Balaban J connectivity index is 2.16. The molecule has 0 radical (unpaired) electrons. The maximum atomic E-state index is 7.55. The fourth-order valence-corrected chi connectivity index (χ4v) is 2.59. The number of aromatic nitrogens is 1. The molecule has 0 saturated carbocycles. The Morgan fingerprint density at radius 1 is 1.05 bits per heavy atom. The van der Waals surface area contributed by atoms with Gasteiger partial charge in [0.25, 0.3) is 0 Å². The van der Waals surface area contributed by atoms with Crippen LogP contribution in [0.25, 0.3) is 10.9 Å². The number of hydrogen-bond donors (Lipinski definition) is 1. The maximum absolute atomic E-state index is 7.55. The van der Waals surface area contributed by atoms with E-state index in [1.165, 1.54) is 22.9 Å². The Bertz CT molecular complexity index is 724. The van der Waals surface area contributed by atoms with Crippen molar-refractivity contribution in [2.24, 2.45) is 0 Å². The van der Waals surface area contributed by atoms with Gasteiger partial charge in [-0.25, -0.2) is 0 Å². The van der Waals surface area contributed by atoms with Crippen LogP contribution in [0.5, 0.6) is 0 Å². The number of rotatable bonds is 3. The van der Waals surface area contributed by atoms with Crippen molar-refractivity contribution in [3.63, 3.8) is 0 Å². The number of hydrogen-bond acceptors (Lipinski definition) is 1. The van der Waals surface area contributed by atoms with E-state index in [-0.39, 0.29) is 0 Å². The number of fused-ring (bicyclic) bond motifs is 1. The quantitative estimate of drug-likeness (QED) is 0.679. The van der Waals surface area contributed by atoms with Crippen LogP contribution in [-0.4, -0.2) is 10.8 Å². The van der Waals surface area contributed by atoms with E-state index in [1.54, 1.807) is 0 Å². The molecule has 0 fully saturated rings. The first-order chi connectivity index (χ1) is 9.29. The maximum Gasteiger partial charge on any atom is 0.0519 e. The van der Waals surface area contributed by atoms with E-state index in [4.69, 9.17) is 5.41 Å². The van der Waals surface area contributed by atoms with Crippen LogP contribution in [0.3, 0.4) is 0 Å². The summed E-state index contributed by atoms with van der Waals surface area (Å²) >= 11 is 0. The molecule has 2 heteroatoms. The lowest BCUT2D eigenvalue weighted by Crippen LogP contribution is -1.98. The number of nitrogens with zero attached hydrogens (tertiary/aromatic N) is 1. The molecule has 1 aromatic heterocycles. The molecule has 3 rings (SSSR count). The second-order valence-electron chi connectivity index (χ2n) is 4.81. The van der Waals surface area contributed by atoms with Gasteiger partial charge >= 0.3 is 0 Å². The van der Waals surface area contributed by atoms with Crippen LogP contribution in [0.4, 0.5) is 0 Å². The Morgan fingerprint density at radius 3 is 2.58 bits per heavy atom. The highest BCUT2D eigenvalue weighted by atomic mass is 15.0. The molecule has 94 valence electrons. The van der Waals surface area contributed by atoms with Gasteiger partial charge in [-0.1, -0.05) is 48.5 Å². The van der Waals surface area contributed by atoms with Crippen LogP contribution < -0.4 is 0 Å². The Kier molecular flexibility index (Phi) is 2.92. The minimum atomic E-state index is 0.843. The SMILES string of the molecule is Cc1cccc2c(C=N)cn(Cc3ccccc3)c12. The first kappa shape index (κ1) is 11.7. The van der Waals surface area contributed by atoms with Gasteiger partial charge in [-0.3, -0.25) is 0 Å². The van der Waals surface area contributed by atoms with Gasteiger partial charge < -0.3 is 9.98 Å². The summed E-state index contributed by atoms with van der Waals surface area (Å²) in [5, 5.41) is 8.71. The van der Waals surface area contributed by atoms with E-state index >= 15 is 0 Å².